The molecule has 0 saturated heterocycles. The van der Waals surface area contributed by atoms with Crippen LogP contribution in [0.1, 0.15) is 43.4 Å². The van der Waals surface area contributed by atoms with Crippen molar-refractivity contribution in [2.24, 2.45) is 5.41 Å². The number of fused-ring (bicyclic) bond motifs is 4. The Bertz CT molecular complexity index is 871. The highest BCUT2D eigenvalue weighted by Gasteiger charge is 2.33. The minimum absolute atomic E-state index is 0.193. The Balaban J connectivity index is 2.04. The first kappa shape index (κ1) is 14.8. The van der Waals surface area contributed by atoms with Gasteiger partial charge in [-0.15, -0.1) is 11.8 Å². The third kappa shape index (κ3) is 2.48. The molecule has 1 heteroatoms. The van der Waals surface area contributed by atoms with Crippen molar-refractivity contribution in [3.63, 3.8) is 0 Å². The highest BCUT2D eigenvalue weighted by atomic mass is 32.2. The molecule has 1 unspecified atom stereocenters. The van der Waals surface area contributed by atoms with E-state index in [1.54, 1.807) is 0 Å². The molecular formula is C22H22S. The smallest absolute Gasteiger partial charge is 0.0235 e. The van der Waals surface area contributed by atoms with Gasteiger partial charge in [-0.25, -0.2) is 0 Å². The lowest BCUT2D eigenvalue weighted by Crippen LogP contribution is -2.20. The number of thioether (sulfide) groups is 1. The van der Waals surface area contributed by atoms with Gasteiger partial charge in [0.05, 0.1) is 0 Å². The molecule has 0 aliphatic carbocycles. The molecule has 1 aliphatic rings. The molecule has 3 aromatic carbocycles. The monoisotopic (exact) mass is 318 g/mol. The molecule has 0 saturated carbocycles. The largest absolute Gasteiger partial charge is 0.120 e. The molecule has 0 bridgehead atoms. The van der Waals surface area contributed by atoms with E-state index in [9.17, 15) is 0 Å². The Morgan fingerprint density at radius 1 is 0.826 bits per heavy atom. The van der Waals surface area contributed by atoms with Crippen LogP contribution in [0, 0.1) is 5.41 Å². The first-order chi connectivity index (χ1) is 11.1. The van der Waals surface area contributed by atoms with Crippen molar-refractivity contribution in [2.75, 3.05) is 0 Å². The molecule has 4 rings (SSSR count). The lowest BCUT2D eigenvalue weighted by atomic mass is 9.71. The van der Waals surface area contributed by atoms with Crippen molar-refractivity contribution in [3.05, 3.63) is 77.4 Å². The van der Waals surface area contributed by atoms with Gasteiger partial charge >= 0.3 is 0 Å². The average Bonchev–Trinajstić information content (AvgIpc) is 2.71. The number of benzene rings is 3. The van der Waals surface area contributed by atoms with Gasteiger partial charge in [0.25, 0.3) is 0 Å². The first-order valence-corrected chi connectivity index (χ1v) is 9.26. The standard InChI is InChI=1S/C22H22S/c1-22(2,3)20-17-10-6-5-9-16(17)14-23-21-18-11-7-4-8-15(18)12-13-19(20)21/h4-13,20H,14H2,1-3H3. The van der Waals surface area contributed by atoms with E-state index >= 15 is 0 Å². The minimum Gasteiger partial charge on any atom is -0.120 e. The van der Waals surface area contributed by atoms with Crippen LogP contribution in [0.25, 0.3) is 10.8 Å². The average molecular weight is 318 g/mol. The van der Waals surface area contributed by atoms with Gasteiger partial charge in [-0.1, -0.05) is 81.4 Å². The molecule has 0 aromatic heterocycles. The van der Waals surface area contributed by atoms with Gasteiger partial charge in [0, 0.05) is 16.6 Å². The molecule has 0 radical (unpaired) electrons. The van der Waals surface area contributed by atoms with Crippen LogP contribution in [-0.2, 0) is 5.75 Å². The fraction of sp³-hybridized carbons (Fsp3) is 0.273. The van der Waals surface area contributed by atoms with E-state index in [1.165, 1.54) is 32.4 Å². The molecule has 1 atom stereocenters. The van der Waals surface area contributed by atoms with E-state index in [1.807, 2.05) is 11.8 Å². The second-order valence-corrected chi connectivity index (χ2v) is 8.48. The quantitative estimate of drug-likeness (QED) is 0.448. The predicted octanol–water partition coefficient (Wildman–Crippen LogP) is 6.62. The summed E-state index contributed by atoms with van der Waals surface area (Å²) < 4.78 is 0. The number of hydrogen-bond acceptors (Lipinski definition) is 1. The highest BCUT2D eigenvalue weighted by Crippen LogP contribution is 2.50. The summed E-state index contributed by atoms with van der Waals surface area (Å²) in [6.07, 6.45) is 0. The summed E-state index contributed by atoms with van der Waals surface area (Å²) in [4.78, 5) is 1.47. The molecule has 116 valence electrons. The molecule has 0 nitrogen and oxygen atoms in total. The SMILES string of the molecule is CC(C)(C)C1c2ccccc2CSc2c1ccc1ccccc21. The molecule has 0 fully saturated rings. The zero-order chi connectivity index (χ0) is 16.0. The molecular weight excluding hydrogens is 296 g/mol. The maximum absolute atomic E-state index is 2.36. The number of rotatable bonds is 0. The van der Waals surface area contributed by atoms with E-state index in [-0.39, 0.29) is 5.41 Å². The van der Waals surface area contributed by atoms with Crippen LogP contribution < -0.4 is 0 Å². The summed E-state index contributed by atoms with van der Waals surface area (Å²) in [7, 11) is 0. The summed E-state index contributed by atoms with van der Waals surface area (Å²) in [5, 5.41) is 2.74. The maximum Gasteiger partial charge on any atom is 0.0235 e. The molecule has 23 heavy (non-hydrogen) atoms. The summed E-state index contributed by atoms with van der Waals surface area (Å²) >= 11 is 2.00. The Morgan fingerprint density at radius 2 is 1.57 bits per heavy atom. The van der Waals surface area contributed by atoms with E-state index in [4.69, 9.17) is 0 Å². The Kier molecular flexibility index (Phi) is 3.50. The van der Waals surface area contributed by atoms with E-state index in [0.29, 0.717) is 5.92 Å². The van der Waals surface area contributed by atoms with Crippen molar-refractivity contribution in [1.29, 1.82) is 0 Å². The third-order valence-electron chi connectivity index (χ3n) is 4.83. The van der Waals surface area contributed by atoms with Crippen LogP contribution in [0.4, 0.5) is 0 Å². The van der Waals surface area contributed by atoms with Crippen LogP contribution in [-0.4, -0.2) is 0 Å². The number of hydrogen-bond donors (Lipinski definition) is 0. The summed E-state index contributed by atoms with van der Waals surface area (Å²) in [5.41, 5.74) is 4.67. The third-order valence-corrected chi connectivity index (χ3v) is 6.02. The van der Waals surface area contributed by atoms with Crippen molar-refractivity contribution < 1.29 is 0 Å². The molecule has 0 amide bonds. The van der Waals surface area contributed by atoms with Gasteiger partial charge < -0.3 is 0 Å². The molecule has 0 N–H and O–H groups in total. The lowest BCUT2D eigenvalue weighted by Gasteiger charge is -2.33. The van der Waals surface area contributed by atoms with Gasteiger partial charge in [0.1, 0.15) is 0 Å². The van der Waals surface area contributed by atoms with Gasteiger partial charge in [-0.05, 0) is 32.9 Å². The first-order valence-electron chi connectivity index (χ1n) is 8.28. The van der Waals surface area contributed by atoms with Gasteiger partial charge in [0.15, 0.2) is 0 Å². The fourth-order valence-corrected chi connectivity index (χ4v) is 5.10. The predicted molar refractivity (Wildman–Crippen MR) is 101 cm³/mol. The zero-order valence-electron chi connectivity index (χ0n) is 14.0. The van der Waals surface area contributed by atoms with Crippen LogP contribution in [0.5, 0.6) is 0 Å². The second kappa shape index (κ2) is 5.42. The lowest BCUT2D eigenvalue weighted by molar-refractivity contribution is 0.355. The van der Waals surface area contributed by atoms with Crippen molar-refractivity contribution in [2.45, 2.75) is 37.3 Å². The van der Waals surface area contributed by atoms with Gasteiger partial charge in [-0.3, -0.25) is 0 Å². The van der Waals surface area contributed by atoms with Crippen LogP contribution in [0.2, 0.25) is 0 Å². The summed E-state index contributed by atoms with van der Waals surface area (Å²) in [6, 6.07) is 22.4. The summed E-state index contributed by atoms with van der Waals surface area (Å²) in [6.45, 7) is 7.09. The maximum atomic E-state index is 2.36. The molecule has 3 aromatic rings. The van der Waals surface area contributed by atoms with E-state index in [0.717, 1.165) is 5.75 Å². The van der Waals surface area contributed by atoms with Gasteiger partial charge in [0.2, 0.25) is 0 Å². The van der Waals surface area contributed by atoms with Gasteiger partial charge in [-0.2, -0.15) is 0 Å². The van der Waals surface area contributed by atoms with Crippen molar-refractivity contribution in [3.8, 4) is 0 Å². The normalized spacial score (nSPS) is 17.4. The topological polar surface area (TPSA) is 0 Å². The van der Waals surface area contributed by atoms with Crippen LogP contribution in [0.3, 0.4) is 0 Å². The highest BCUT2D eigenvalue weighted by molar-refractivity contribution is 7.98. The summed E-state index contributed by atoms with van der Waals surface area (Å²) in [5.74, 6) is 1.50. The van der Waals surface area contributed by atoms with Crippen LogP contribution >= 0.6 is 11.8 Å². The molecule has 1 heterocycles. The zero-order valence-corrected chi connectivity index (χ0v) is 14.8. The Morgan fingerprint density at radius 3 is 2.39 bits per heavy atom. The van der Waals surface area contributed by atoms with E-state index in [2.05, 4.69) is 81.4 Å². The Hall–Kier alpha value is -1.73. The second-order valence-electron chi connectivity index (χ2n) is 7.49. The Labute approximate surface area is 142 Å². The van der Waals surface area contributed by atoms with Crippen LogP contribution in [0.15, 0.2) is 65.6 Å². The fourth-order valence-electron chi connectivity index (χ4n) is 3.85. The minimum atomic E-state index is 0.193. The molecule has 1 aliphatic heterocycles. The van der Waals surface area contributed by atoms with Crippen molar-refractivity contribution in [1.82, 2.24) is 0 Å². The van der Waals surface area contributed by atoms with Crippen molar-refractivity contribution >= 4 is 22.5 Å². The van der Waals surface area contributed by atoms with E-state index < -0.39 is 0 Å². The molecule has 0 spiro atoms.